The van der Waals surface area contributed by atoms with E-state index in [4.69, 9.17) is 4.74 Å². The molecule has 29 heavy (non-hydrogen) atoms. The maximum absolute atomic E-state index is 14.4. The fourth-order valence-corrected chi connectivity index (χ4v) is 3.03. The summed E-state index contributed by atoms with van der Waals surface area (Å²) in [6.07, 6.45) is 16.8. The number of allylic oxidation sites excluding steroid dienone is 2. The van der Waals surface area contributed by atoms with Gasteiger partial charge in [-0.15, -0.1) is 6.58 Å². The molecule has 1 heterocycles. The molecule has 0 aliphatic heterocycles. The lowest BCUT2D eigenvalue weighted by Crippen LogP contribution is -2.08. The van der Waals surface area contributed by atoms with Crippen LogP contribution in [0.2, 0.25) is 0 Å². The minimum absolute atomic E-state index is 0.259. The molecule has 0 aliphatic rings. The molecule has 2 rings (SSSR count). The van der Waals surface area contributed by atoms with Crippen molar-refractivity contribution in [3.8, 4) is 11.4 Å². The lowest BCUT2D eigenvalue weighted by Gasteiger charge is -2.12. The van der Waals surface area contributed by atoms with Crippen LogP contribution in [0.5, 0.6) is 0 Å². The Morgan fingerprint density at radius 3 is 2.66 bits per heavy atom. The van der Waals surface area contributed by atoms with Crippen molar-refractivity contribution in [3.63, 3.8) is 0 Å². The van der Waals surface area contributed by atoms with Crippen molar-refractivity contribution >= 4 is 6.08 Å². The van der Waals surface area contributed by atoms with Gasteiger partial charge in [0.05, 0.1) is 6.10 Å². The zero-order valence-electron chi connectivity index (χ0n) is 17.7. The molecule has 0 amide bonds. The van der Waals surface area contributed by atoms with Crippen molar-refractivity contribution in [2.24, 2.45) is 0 Å². The zero-order chi connectivity index (χ0) is 20.9. The molecule has 0 spiro atoms. The van der Waals surface area contributed by atoms with Crippen LogP contribution < -0.4 is 0 Å². The van der Waals surface area contributed by atoms with E-state index in [1.807, 2.05) is 18.2 Å². The van der Waals surface area contributed by atoms with Crippen LogP contribution in [-0.2, 0) is 11.2 Å². The first kappa shape index (κ1) is 23.0. The van der Waals surface area contributed by atoms with Crippen LogP contribution in [0.25, 0.3) is 17.5 Å². The number of halogens is 1. The molecule has 0 aliphatic carbocycles. The fraction of sp³-hybridized carbons (Fsp3) is 0.440. The number of nitrogens with zero attached hydrogens (tertiary/aromatic N) is 2. The van der Waals surface area contributed by atoms with Crippen LogP contribution in [0, 0.1) is 5.82 Å². The van der Waals surface area contributed by atoms with Gasteiger partial charge in [-0.1, -0.05) is 50.1 Å². The highest BCUT2D eigenvalue weighted by Gasteiger charge is 2.06. The number of hydrogen-bond donors (Lipinski definition) is 0. The van der Waals surface area contributed by atoms with Crippen molar-refractivity contribution in [1.82, 2.24) is 9.97 Å². The molecular formula is C25H33FN2O. The molecule has 1 aromatic heterocycles. The van der Waals surface area contributed by atoms with Gasteiger partial charge in [0.2, 0.25) is 0 Å². The molecule has 1 unspecified atom stereocenters. The second-order valence-corrected chi connectivity index (χ2v) is 7.37. The number of ether oxygens (including phenoxy) is 1. The Labute approximate surface area is 174 Å². The van der Waals surface area contributed by atoms with E-state index in [-0.39, 0.29) is 11.9 Å². The summed E-state index contributed by atoms with van der Waals surface area (Å²) < 4.78 is 20.2. The molecule has 156 valence electrons. The lowest BCUT2D eigenvalue weighted by atomic mass is 10.1. The zero-order valence-corrected chi connectivity index (χ0v) is 17.7. The van der Waals surface area contributed by atoms with E-state index >= 15 is 0 Å². The third kappa shape index (κ3) is 8.28. The Morgan fingerprint density at radius 2 is 1.97 bits per heavy atom. The summed E-state index contributed by atoms with van der Waals surface area (Å²) >= 11 is 0. The first-order valence-electron chi connectivity index (χ1n) is 10.6. The maximum atomic E-state index is 14.4. The summed E-state index contributed by atoms with van der Waals surface area (Å²) in [5.74, 6) is 0.269. The van der Waals surface area contributed by atoms with Crippen molar-refractivity contribution in [2.75, 3.05) is 6.61 Å². The van der Waals surface area contributed by atoms with Gasteiger partial charge in [-0.05, 0) is 50.7 Å². The molecular weight excluding hydrogens is 363 g/mol. The van der Waals surface area contributed by atoms with E-state index in [2.05, 4.69) is 30.4 Å². The van der Waals surface area contributed by atoms with E-state index in [1.54, 1.807) is 24.5 Å². The minimum Gasteiger partial charge on any atom is -0.379 e. The summed E-state index contributed by atoms with van der Waals surface area (Å²) in [6, 6.07) is 5.13. The predicted molar refractivity (Wildman–Crippen MR) is 119 cm³/mol. The third-order valence-corrected chi connectivity index (χ3v) is 4.77. The summed E-state index contributed by atoms with van der Waals surface area (Å²) in [7, 11) is 0. The third-order valence-electron chi connectivity index (χ3n) is 4.77. The van der Waals surface area contributed by atoms with Crippen LogP contribution in [0.4, 0.5) is 4.39 Å². The van der Waals surface area contributed by atoms with Crippen LogP contribution in [0.1, 0.15) is 63.5 Å². The predicted octanol–water partition coefficient (Wildman–Crippen LogP) is 6.79. The number of hydrogen-bond acceptors (Lipinski definition) is 3. The van der Waals surface area contributed by atoms with E-state index < -0.39 is 0 Å². The smallest absolute Gasteiger partial charge is 0.159 e. The molecule has 1 aromatic carbocycles. The fourth-order valence-electron chi connectivity index (χ4n) is 3.03. The van der Waals surface area contributed by atoms with Crippen molar-refractivity contribution in [2.45, 2.75) is 64.9 Å². The van der Waals surface area contributed by atoms with Gasteiger partial charge in [0, 0.05) is 30.1 Å². The summed E-state index contributed by atoms with van der Waals surface area (Å²) in [6.45, 7) is 8.87. The molecule has 0 saturated heterocycles. The van der Waals surface area contributed by atoms with Gasteiger partial charge in [0.1, 0.15) is 5.82 Å². The van der Waals surface area contributed by atoms with Gasteiger partial charge in [-0.3, -0.25) is 0 Å². The van der Waals surface area contributed by atoms with Crippen LogP contribution in [-0.4, -0.2) is 22.7 Å². The average Bonchev–Trinajstić information content (AvgIpc) is 2.73. The number of benzene rings is 1. The Balaban J connectivity index is 1.80. The lowest BCUT2D eigenvalue weighted by molar-refractivity contribution is 0.0566. The molecule has 4 heteroatoms. The minimum atomic E-state index is -0.259. The topological polar surface area (TPSA) is 35.0 Å². The van der Waals surface area contributed by atoms with Crippen LogP contribution in [0.15, 0.2) is 49.3 Å². The Morgan fingerprint density at radius 1 is 1.17 bits per heavy atom. The van der Waals surface area contributed by atoms with Crippen molar-refractivity contribution in [1.29, 1.82) is 0 Å². The second-order valence-electron chi connectivity index (χ2n) is 7.37. The monoisotopic (exact) mass is 396 g/mol. The molecule has 0 fully saturated rings. The SMILES string of the molecule is C=CCc1cnc(-c2ccc(C=CCCCC(C)OCCCCC)c(F)c2)nc1. The van der Waals surface area contributed by atoms with E-state index in [9.17, 15) is 4.39 Å². The first-order chi connectivity index (χ1) is 14.1. The van der Waals surface area contributed by atoms with Gasteiger partial charge < -0.3 is 4.74 Å². The Hall–Kier alpha value is -2.33. The van der Waals surface area contributed by atoms with Crippen molar-refractivity contribution < 1.29 is 9.13 Å². The van der Waals surface area contributed by atoms with Gasteiger partial charge in [0.25, 0.3) is 0 Å². The average molecular weight is 397 g/mol. The quantitative estimate of drug-likeness (QED) is 0.276. The normalized spacial score (nSPS) is 12.4. The standard InChI is InChI=1S/C25H33FN2O/c1-4-6-10-16-29-20(3)12-8-7-9-13-22-14-15-23(17-24(22)26)25-27-18-21(11-5-2)19-28-25/h5,9,13-15,17-20H,2,4,6-8,10-12,16H2,1,3H3. The van der Waals surface area contributed by atoms with E-state index in [1.165, 1.54) is 18.9 Å². The Bertz CT molecular complexity index is 771. The molecule has 0 radical (unpaired) electrons. The Kier molecular flexibility index (Phi) is 10.3. The van der Waals surface area contributed by atoms with Crippen LogP contribution >= 0.6 is 0 Å². The highest BCUT2D eigenvalue weighted by atomic mass is 19.1. The molecule has 0 bridgehead atoms. The molecule has 1 atom stereocenters. The summed E-state index contributed by atoms with van der Waals surface area (Å²) in [5.41, 5.74) is 2.25. The van der Waals surface area contributed by atoms with Gasteiger partial charge in [-0.25, -0.2) is 14.4 Å². The molecule has 3 nitrogen and oxygen atoms in total. The van der Waals surface area contributed by atoms with Gasteiger partial charge in [0.15, 0.2) is 5.82 Å². The van der Waals surface area contributed by atoms with Gasteiger partial charge >= 0.3 is 0 Å². The van der Waals surface area contributed by atoms with E-state index in [0.29, 0.717) is 17.0 Å². The second kappa shape index (κ2) is 13.0. The largest absolute Gasteiger partial charge is 0.379 e. The van der Waals surface area contributed by atoms with Crippen LogP contribution in [0.3, 0.4) is 0 Å². The first-order valence-corrected chi connectivity index (χ1v) is 10.6. The summed E-state index contributed by atoms with van der Waals surface area (Å²) in [4.78, 5) is 8.63. The number of aromatic nitrogens is 2. The van der Waals surface area contributed by atoms with Crippen molar-refractivity contribution in [3.05, 3.63) is 66.3 Å². The van der Waals surface area contributed by atoms with E-state index in [0.717, 1.165) is 44.3 Å². The molecule has 0 N–H and O–H groups in total. The highest BCUT2D eigenvalue weighted by Crippen LogP contribution is 2.20. The molecule has 0 saturated carbocycles. The summed E-state index contributed by atoms with van der Waals surface area (Å²) in [5, 5.41) is 0. The van der Waals surface area contributed by atoms with Gasteiger partial charge in [-0.2, -0.15) is 0 Å². The molecule has 2 aromatic rings. The number of rotatable bonds is 13. The highest BCUT2D eigenvalue weighted by molar-refractivity contribution is 5.60. The maximum Gasteiger partial charge on any atom is 0.159 e. The number of unbranched alkanes of at least 4 members (excludes halogenated alkanes) is 3.